The summed E-state index contributed by atoms with van der Waals surface area (Å²) in [5.74, 6) is 2.06. The van der Waals surface area contributed by atoms with E-state index in [9.17, 15) is 0 Å². The lowest BCUT2D eigenvalue weighted by Crippen LogP contribution is -1.96. The van der Waals surface area contributed by atoms with E-state index in [4.69, 9.17) is 19.7 Å². The number of hydrogen-bond donors (Lipinski definition) is 1. The van der Waals surface area contributed by atoms with Crippen molar-refractivity contribution in [3.63, 3.8) is 0 Å². The lowest BCUT2D eigenvalue weighted by atomic mass is 10.2. The molecule has 2 rings (SSSR count). The fraction of sp³-hybridized carbons (Fsp3) is 0.273. The molecule has 0 atom stereocenters. The molecule has 1 heterocycles. The first-order valence-corrected chi connectivity index (χ1v) is 5.93. The maximum Gasteiger partial charge on any atom is 0.240 e. The largest absolute Gasteiger partial charge is 0.496 e. The number of benzene rings is 1. The van der Waals surface area contributed by atoms with Crippen molar-refractivity contribution in [1.29, 1.82) is 0 Å². The Morgan fingerprint density at radius 1 is 1.28 bits per heavy atom. The van der Waals surface area contributed by atoms with Crippen molar-refractivity contribution in [3.05, 3.63) is 22.5 Å². The Hall–Kier alpha value is -1.60. The quantitative estimate of drug-likeness (QED) is 0.929. The van der Waals surface area contributed by atoms with Crippen molar-refractivity contribution in [3.8, 4) is 22.9 Å². The van der Waals surface area contributed by atoms with Crippen molar-refractivity contribution in [2.45, 2.75) is 6.54 Å². The van der Waals surface area contributed by atoms with E-state index in [1.807, 2.05) is 0 Å². The second-order valence-corrected chi connectivity index (χ2v) is 4.26. The highest BCUT2D eigenvalue weighted by atomic mass is 79.9. The van der Waals surface area contributed by atoms with Crippen LogP contribution in [-0.4, -0.2) is 24.4 Å². The van der Waals surface area contributed by atoms with E-state index in [0.29, 0.717) is 28.8 Å². The third kappa shape index (κ3) is 2.32. The van der Waals surface area contributed by atoms with E-state index in [0.717, 1.165) is 4.47 Å². The normalized spacial score (nSPS) is 10.4. The maximum absolute atomic E-state index is 5.43. The highest BCUT2D eigenvalue weighted by molar-refractivity contribution is 9.10. The summed E-state index contributed by atoms with van der Waals surface area (Å²) in [7, 11) is 3.15. The van der Waals surface area contributed by atoms with E-state index < -0.39 is 0 Å². The minimum Gasteiger partial charge on any atom is -0.496 e. The van der Waals surface area contributed by atoms with Crippen LogP contribution in [0.4, 0.5) is 0 Å². The highest BCUT2D eigenvalue weighted by Crippen LogP contribution is 2.37. The van der Waals surface area contributed by atoms with Crippen LogP contribution in [0, 0.1) is 0 Å². The molecule has 1 aromatic heterocycles. The van der Waals surface area contributed by atoms with Crippen LogP contribution in [-0.2, 0) is 6.54 Å². The summed E-state index contributed by atoms with van der Waals surface area (Å²) in [6.07, 6.45) is 0. The van der Waals surface area contributed by atoms with Crippen LogP contribution >= 0.6 is 15.9 Å². The molecule has 0 amide bonds. The summed E-state index contributed by atoms with van der Waals surface area (Å²) < 4.78 is 16.3. The van der Waals surface area contributed by atoms with Crippen LogP contribution in [0.1, 0.15) is 5.89 Å². The van der Waals surface area contributed by atoms with E-state index in [1.165, 1.54) is 0 Å². The van der Waals surface area contributed by atoms with E-state index in [2.05, 4.69) is 26.1 Å². The minimum absolute atomic E-state index is 0.197. The molecular weight excluding hydrogens is 302 g/mol. The summed E-state index contributed by atoms with van der Waals surface area (Å²) in [5, 5.41) is 3.85. The second-order valence-electron chi connectivity index (χ2n) is 3.40. The Balaban J connectivity index is 2.54. The van der Waals surface area contributed by atoms with Gasteiger partial charge in [-0.25, -0.2) is 0 Å². The third-order valence-corrected chi connectivity index (χ3v) is 2.98. The molecular formula is C11H12BrN3O3. The molecule has 0 bridgehead atoms. The average molecular weight is 314 g/mol. The molecule has 0 saturated carbocycles. The van der Waals surface area contributed by atoms with Crippen LogP contribution in [0.5, 0.6) is 11.5 Å². The summed E-state index contributed by atoms with van der Waals surface area (Å²) in [4.78, 5) is 4.16. The Morgan fingerprint density at radius 2 is 2.00 bits per heavy atom. The van der Waals surface area contributed by atoms with E-state index in [-0.39, 0.29) is 6.54 Å². The number of hydrogen-bond acceptors (Lipinski definition) is 6. The van der Waals surface area contributed by atoms with Gasteiger partial charge in [-0.15, -0.1) is 0 Å². The van der Waals surface area contributed by atoms with E-state index >= 15 is 0 Å². The summed E-state index contributed by atoms with van der Waals surface area (Å²) >= 11 is 3.38. The smallest absolute Gasteiger partial charge is 0.240 e. The van der Waals surface area contributed by atoms with Crippen molar-refractivity contribution in [2.24, 2.45) is 5.73 Å². The van der Waals surface area contributed by atoms with Gasteiger partial charge in [0, 0.05) is 0 Å². The molecule has 0 aliphatic carbocycles. The zero-order chi connectivity index (χ0) is 13.1. The highest BCUT2D eigenvalue weighted by Gasteiger charge is 2.16. The molecule has 0 aliphatic heterocycles. The fourth-order valence-electron chi connectivity index (χ4n) is 1.48. The maximum atomic E-state index is 5.43. The first-order valence-electron chi connectivity index (χ1n) is 5.14. The Labute approximate surface area is 112 Å². The molecule has 0 spiro atoms. The predicted octanol–water partition coefficient (Wildman–Crippen LogP) is 1.98. The van der Waals surface area contributed by atoms with Crippen molar-refractivity contribution in [1.82, 2.24) is 10.1 Å². The van der Waals surface area contributed by atoms with Crippen LogP contribution < -0.4 is 15.2 Å². The number of ether oxygens (including phenoxy) is 2. The topological polar surface area (TPSA) is 83.4 Å². The number of halogens is 1. The molecule has 0 aliphatic rings. The molecule has 2 N–H and O–H groups in total. The van der Waals surface area contributed by atoms with E-state index in [1.54, 1.807) is 26.4 Å². The Bertz CT molecular complexity index is 556. The fourth-order valence-corrected chi connectivity index (χ4v) is 1.97. The number of methoxy groups -OCH3 is 2. The van der Waals surface area contributed by atoms with Gasteiger partial charge in [-0.05, 0) is 28.1 Å². The number of nitrogens with zero attached hydrogens (tertiary/aromatic N) is 2. The number of nitrogens with two attached hydrogens (primary N) is 1. The molecule has 0 radical (unpaired) electrons. The van der Waals surface area contributed by atoms with Crippen LogP contribution in [0.2, 0.25) is 0 Å². The minimum atomic E-state index is 0.197. The molecule has 7 heteroatoms. The average Bonchev–Trinajstić information content (AvgIpc) is 2.87. The van der Waals surface area contributed by atoms with Gasteiger partial charge < -0.3 is 19.7 Å². The Kier molecular flexibility index (Phi) is 3.83. The van der Waals surface area contributed by atoms with Crippen molar-refractivity contribution >= 4 is 15.9 Å². The van der Waals surface area contributed by atoms with Gasteiger partial charge in [0.1, 0.15) is 11.5 Å². The zero-order valence-electron chi connectivity index (χ0n) is 9.94. The molecule has 2 aromatic rings. The van der Waals surface area contributed by atoms with Gasteiger partial charge in [-0.2, -0.15) is 4.98 Å². The lowest BCUT2D eigenvalue weighted by Gasteiger charge is -2.09. The summed E-state index contributed by atoms with van der Waals surface area (Å²) in [5.41, 5.74) is 6.11. The van der Waals surface area contributed by atoms with Gasteiger partial charge in [-0.3, -0.25) is 0 Å². The molecule has 18 heavy (non-hydrogen) atoms. The molecule has 0 fully saturated rings. The summed E-state index contributed by atoms with van der Waals surface area (Å²) in [6.45, 7) is 0.197. The second kappa shape index (κ2) is 5.36. The van der Waals surface area contributed by atoms with Crippen LogP contribution in [0.3, 0.4) is 0 Å². The number of aromatic nitrogens is 2. The SMILES string of the molecule is COc1cc(-c2noc(CN)n2)c(OC)cc1Br. The van der Waals surface area contributed by atoms with Gasteiger partial charge in [0.2, 0.25) is 11.7 Å². The monoisotopic (exact) mass is 313 g/mol. The van der Waals surface area contributed by atoms with Gasteiger partial charge >= 0.3 is 0 Å². The first-order chi connectivity index (χ1) is 8.69. The third-order valence-electron chi connectivity index (χ3n) is 2.36. The molecule has 0 saturated heterocycles. The molecule has 96 valence electrons. The van der Waals surface area contributed by atoms with Gasteiger partial charge in [0.05, 0.1) is 30.8 Å². The molecule has 1 aromatic carbocycles. The van der Waals surface area contributed by atoms with Crippen molar-refractivity contribution < 1.29 is 14.0 Å². The standard InChI is InChI=1S/C11H12BrN3O3/c1-16-8-4-7(12)9(17-2)3-6(8)11-14-10(5-13)18-15-11/h3-4H,5,13H2,1-2H3. The Morgan fingerprint density at radius 3 is 2.56 bits per heavy atom. The predicted molar refractivity (Wildman–Crippen MR) is 68.4 cm³/mol. The van der Waals surface area contributed by atoms with Crippen molar-refractivity contribution in [2.75, 3.05) is 14.2 Å². The molecule has 0 unspecified atom stereocenters. The van der Waals surface area contributed by atoms with Crippen LogP contribution in [0.25, 0.3) is 11.4 Å². The van der Waals surface area contributed by atoms with Gasteiger partial charge in [-0.1, -0.05) is 5.16 Å². The van der Waals surface area contributed by atoms with Gasteiger partial charge in [0.25, 0.3) is 0 Å². The van der Waals surface area contributed by atoms with Crippen LogP contribution in [0.15, 0.2) is 21.1 Å². The zero-order valence-corrected chi connectivity index (χ0v) is 11.5. The van der Waals surface area contributed by atoms with Gasteiger partial charge in [0.15, 0.2) is 0 Å². The number of rotatable bonds is 4. The summed E-state index contributed by atoms with van der Waals surface area (Å²) in [6, 6.07) is 3.56. The lowest BCUT2D eigenvalue weighted by molar-refractivity contribution is 0.379. The first kappa shape index (κ1) is 12.8. The molecule has 6 nitrogen and oxygen atoms in total.